The zero-order valence-corrected chi connectivity index (χ0v) is 8.57. The highest BCUT2D eigenvalue weighted by molar-refractivity contribution is 5.45. The van der Waals surface area contributed by atoms with Crippen molar-refractivity contribution < 1.29 is 4.74 Å². The van der Waals surface area contributed by atoms with Gasteiger partial charge in [0, 0.05) is 11.3 Å². The summed E-state index contributed by atoms with van der Waals surface area (Å²) in [6, 6.07) is 7.74. The molecule has 1 unspecified atom stereocenters. The number of nitrogen functional groups attached to an aromatic ring is 1. The third-order valence-corrected chi connectivity index (χ3v) is 2.15. The molecule has 0 aromatic heterocycles. The van der Waals surface area contributed by atoms with Crippen molar-refractivity contribution in [3.63, 3.8) is 0 Å². The van der Waals surface area contributed by atoms with E-state index in [2.05, 4.69) is 0 Å². The van der Waals surface area contributed by atoms with E-state index in [9.17, 15) is 0 Å². The molecule has 0 radical (unpaired) electrons. The molecule has 78 valence electrons. The molecule has 0 amide bonds. The largest absolute Gasteiger partial charge is 0.398 e. The average molecular weight is 194 g/mol. The molecule has 4 N–H and O–H groups in total. The van der Waals surface area contributed by atoms with Crippen LogP contribution in [0.2, 0.25) is 0 Å². The van der Waals surface area contributed by atoms with Gasteiger partial charge in [-0.2, -0.15) is 0 Å². The molecule has 0 aliphatic heterocycles. The minimum Gasteiger partial charge on any atom is -0.398 e. The van der Waals surface area contributed by atoms with Crippen LogP contribution >= 0.6 is 0 Å². The molecule has 0 fully saturated rings. The van der Waals surface area contributed by atoms with E-state index in [0.29, 0.717) is 13.2 Å². The van der Waals surface area contributed by atoms with Crippen molar-refractivity contribution in [1.82, 2.24) is 0 Å². The van der Waals surface area contributed by atoms with Crippen molar-refractivity contribution >= 4 is 5.69 Å². The van der Waals surface area contributed by atoms with Crippen molar-refractivity contribution in [2.45, 2.75) is 26.1 Å². The second-order valence-corrected chi connectivity index (χ2v) is 3.40. The van der Waals surface area contributed by atoms with Crippen molar-refractivity contribution in [2.75, 3.05) is 12.3 Å². The fraction of sp³-hybridized carbons (Fsp3) is 0.455. The van der Waals surface area contributed by atoms with E-state index in [-0.39, 0.29) is 6.10 Å². The van der Waals surface area contributed by atoms with E-state index in [0.717, 1.165) is 17.7 Å². The maximum atomic E-state index is 5.78. The van der Waals surface area contributed by atoms with Gasteiger partial charge in [0.25, 0.3) is 0 Å². The highest BCUT2D eigenvalue weighted by atomic mass is 16.5. The first-order valence-electron chi connectivity index (χ1n) is 4.89. The number of benzene rings is 1. The van der Waals surface area contributed by atoms with Gasteiger partial charge < -0.3 is 16.2 Å². The SMILES string of the molecule is CC(CCN)OCc1ccccc1N. The monoisotopic (exact) mass is 194 g/mol. The number of anilines is 1. The number of rotatable bonds is 5. The predicted molar refractivity (Wildman–Crippen MR) is 58.8 cm³/mol. The average Bonchev–Trinajstić information content (AvgIpc) is 2.17. The summed E-state index contributed by atoms with van der Waals surface area (Å²) in [5.74, 6) is 0. The first-order chi connectivity index (χ1) is 6.74. The Labute approximate surface area is 85.0 Å². The lowest BCUT2D eigenvalue weighted by Crippen LogP contribution is -2.14. The maximum absolute atomic E-state index is 5.78. The van der Waals surface area contributed by atoms with Crippen LogP contribution in [-0.4, -0.2) is 12.6 Å². The minimum atomic E-state index is 0.194. The lowest BCUT2D eigenvalue weighted by atomic mass is 10.2. The van der Waals surface area contributed by atoms with Gasteiger partial charge in [0.15, 0.2) is 0 Å². The van der Waals surface area contributed by atoms with Gasteiger partial charge in [0.1, 0.15) is 0 Å². The van der Waals surface area contributed by atoms with Crippen LogP contribution in [0.3, 0.4) is 0 Å². The molecule has 14 heavy (non-hydrogen) atoms. The Morgan fingerprint density at radius 1 is 1.36 bits per heavy atom. The molecule has 0 saturated heterocycles. The van der Waals surface area contributed by atoms with Crippen LogP contribution < -0.4 is 11.5 Å². The quantitative estimate of drug-likeness (QED) is 0.699. The Morgan fingerprint density at radius 2 is 2.07 bits per heavy atom. The Kier molecular flexibility index (Phi) is 4.43. The molecule has 3 nitrogen and oxygen atoms in total. The zero-order chi connectivity index (χ0) is 10.4. The van der Waals surface area contributed by atoms with Crippen molar-refractivity contribution in [1.29, 1.82) is 0 Å². The minimum absolute atomic E-state index is 0.194. The molecule has 0 heterocycles. The molecule has 1 aromatic rings. The van der Waals surface area contributed by atoms with Crippen LogP contribution in [0.25, 0.3) is 0 Å². The van der Waals surface area contributed by atoms with Crippen LogP contribution in [0.15, 0.2) is 24.3 Å². The van der Waals surface area contributed by atoms with E-state index < -0.39 is 0 Å². The number of ether oxygens (including phenoxy) is 1. The van der Waals surface area contributed by atoms with E-state index >= 15 is 0 Å². The van der Waals surface area contributed by atoms with Crippen molar-refractivity contribution in [2.24, 2.45) is 5.73 Å². The second-order valence-electron chi connectivity index (χ2n) is 3.40. The Hall–Kier alpha value is -1.06. The molecule has 1 aromatic carbocycles. The predicted octanol–water partition coefficient (Wildman–Crippen LogP) is 1.52. The first-order valence-corrected chi connectivity index (χ1v) is 4.89. The third-order valence-electron chi connectivity index (χ3n) is 2.15. The van der Waals surface area contributed by atoms with Crippen LogP contribution in [-0.2, 0) is 11.3 Å². The smallest absolute Gasteiger partial charge is 0.0740 e. The Balaban J connectivity index is 2.41. The van der Waals surface area contributed by atoms with E-state index in [1.807, 2.05) is 31.2 Å². The molecule has 0 aliphatic rings. The van der Waals surface area contributed by atoms with Gasteiger partial charge in [-0.1, -0.05) is 18.2 Å². The fourth-order valence-electron chi connectivity index (χ4n) is 1.22. The highest BCUT2D eigenvalue weighted by Gasteiger charge is 2.02. The molecule has 1 rings (SSSR count). The molecule has 0 saturated carbocycles. The number of nitrogens with two attached hydrogens (primary N) is 2. The van der Waals surface area contributed by atoms with E-state index in [1.165, 1.54) is 0 Å². The zero-order valence-electron chi connectivity index (χ0n) is 8.57. The molecular formula is C11H18N2O. The lowest BCUT2D eigenvalue weighted by molar-refractivity contribution is 0.0496. The molecule has 1 atom stereocenters. The molecule has 0 aliphatic carbocycles. The fourth-order valence-corrected chi connectivity index (χ4v) is 1.22. The van der Waals surface area contributed by atoms with E-state index in [4.69, 9.17) is 16.2 Å². The summed E-state index contributed by atoms with van der Waals surface area (Å²) in [5.41, 5.74) is 13.0. The van der Waals surface area contributed by atoms with Gasteiger partial charge in [0.05, 0.1) is 12.7 Å². The first kappa shape index (κ1) is 11.0. The summed E-state index contributed by atoms with van der Waals surface area (Å²) >= 11 is 0. The second kappa shape index (κ2) is 5.62. The van der Waals surface area contributed by atoms with Gasteiger partial charge in [0.2, 0.25) is 0 Å². The Morgan fingerprint density at radius 3 is 2.71 bits per heavy atom. The van der Waals surface area contributed by atoms with Crippen LogP contribution in [0.5, 0.6) is 0 Å². The molecular weight excluding hydrogens is 176 g/mol. The van der Waals surface area contributed by atoms with E-state index in [1.54, 1.807) is 0 Å². The highest BCUT2D eigenvalue weighted by Crippen LogP contribution is 2.12. The normalized spacial score (nSPS) is 12.7. The van der Waals surface area contributed by atoms with Crippen LogP contribution in [0.4, 0.5) is 5.69 Å². The van der Waals surface area contributed by atoms with Gasteiger partial charge in [-0.15, -0.1) is 0 Å². The number of hydrogen-bond acceptors (Lipinski definition) is 3. The lowest BCUT2D eigenvalue weighted by Gasteiger charge is -2.12. The summed E-state index contributed by atoms with van der Waals surface area (Å²) in [5, 5.41) is 0. The van der Waals surface area contributed by atoms with Crippen LogP contribution in [0.1, 0.15) is 18.9 Å². The molecule has 3 heteroatoms. The molecule has 0 spiro atoms. The van der Waals surface area contributed by atoms with Crippen LogP contribution in [0, 0.1) is 0 Å². The topological polar surface area (TPSA) is 61.3 Å². The summed E-state index contributed by atoms with van der Waals surface area (Å²) in [6.45, 7) is 3.24. The van der Waals surface area contributed by atoms with Crippen molar-refractivity contribution in [3.05, 3.63) is 29.8 Å². The third kappa shape index (κ3) is 3.36. The maximum Gasteiger partial charge on any atom is 0.0740 e. The summed E-state index contributed by atoms with van der Waals surface area (Å²) in [6.07, 6.45) is 1.08. The van der Waals surface area contributed by atoms with Gasteiger partial charge in [-0.3, -0.25) is 0 Å². The molecule has 0 bridgehead atoms. The number of para-hydroxylation sites is 1. The van der Waals surface area contributed by atoms with Gasteiger partial charge in [-0.05, 0) is 26.0 Å². The summed E-state index contributed by atoms with van der Waals surface area (Å²) in [4.78, 5) is 0. The Bertz CT molecular complexity index is 276. The number of hydrogen-bond donors (Lipinski definition) is 2. The summed E-state index contributed by atoms with van der Waals surface area (Å²) in [7, 11) is 0. The van der Waals surface area contributed by atoms with Crippen molar-refractivity contribution in [3.8, 4) is 0 Å². The standard InChI is InChI=1S/C11H18N2O/c1-9(6-7-12)14-8-10-4-2-3-5-11(10)13/h2-5,9H,6-8,12-13H2,1H3. The van der Waals surface area contributed by atoms with Gasteiger partial charge >= 0.3 is 0 Å². The van der Waals surface area contributed by atoms with Gasteiger partial charge in [-0.25, -0.2) is 0 Å². The summed E-state index contributed by atoms with van der Waals surface area (Å²) < 4.78 is 5.59.